The Bertz CT molecular complexity index is 473. The van der Waals surface area contributed by atoms with Crippen LogP contribution in [0, 0.1) is 5.92 Å². The normalized spacial score (nSPS) is 21.8. The maximum Gasteiger partial charge on any atom is 0.167 e. The molecule has 1 aliphatic carbocycles. The lowest BCUT2D eigenvalue weighted by atomic mass is 9.93. The summed E-state index contributed by atoms with van der Waals surface area (Å²) >= 11 is 0. The second kappa shape index (κ2) is 6.75. The maximum absolute atomic E-state index is 12.5. The van der Waals surface area contributed by atoms with Crippen molar-refractivity contribution in [2.45, 2.75) is 39.2 Å². The molecule has 1 fully saturated rings. The van der Waals surface area contributed by atoms with Crippen molar-refractivity contribution in [2.75, 3.05) is 13.2 Å². The fraction of sp³-hybridized carbons (Fsp3) is 0.562. The number of Topliss-reactive ketones (excluding diaryl/α,β-unsaturated/α-hetero) is 1. The number of hydrogen-bond acceptors (Lipinski definition) is 4. The minimum absolute atomic E-state index is 0.00962. The molecule has 0 saturated heterocycles. The second-order valence-electron chi connectivity index (χ2n) is 5.09. The van der Waals surface area contributed by atoms with Gasteiger partial charge in [0, 0.05) is 17.5 Å². The second-order valence-corrected chi connectivity index (χ2v) is 5.09. The lowest BCUT2D eigenvalue weighted by molar-refractivity contribution is 0.0913. The van der Waals surface area contributed by atoms with E-state index in [0.29, 0.717) is 30.3 Å². The monoisotopic (exact) mass is 277 g/mol. The molecule has 2 N–H and O–H groups in total. The fourth-order valence-corrected chi connectivity index (χ4v) is 2.73. The predicted molar refractivity (Wildman–Crippen MR) is 78.4 cm³/mol. The smallest absolute Gasteiger partial charge is 0.167 e. The predicted octanol–water partition coefficient (Wildman–Crippen LogP) is 2.79. The molecule has 1 saturated carbocycles. The van der Waals surface area contributed by atoms with E-state index < -0.39 is 0 Å². The summed E-state index contributed by atoms with van der Waals surface area (Å²) in [5, 5.41) is 0. The van der Waals surface area contributed by atoms with E-state index in [9.17, 15) is 4.79 Å². The molecule has 1 aliphatic rings. The van der Waals surface area contributed by atoms with Crippen LogP contribution in [0.4, 0.5) is 0 Å². The molecule has 0 aliphatic heterocycles. The van der Waals surface area contributed by atoms with Crippen LogP contribution in [0.3, 0.4) is 0 Å². The van der Waals surface area contributed by atoms with Crippen LogP contribution in [0.1, 0.15) is 43.5 Å². The first kappa shape index (κ1) is 14.9. The van der Waals surface area contributed by atoms with Gasteiger partial charge in [-0.05, 0) is 44.9 Å². The first-order valence-corrected chi connectivity index (χ1v) is 7.36. The highest BCUT2D eigenvalue weighted by atomic mass is 16.5. The number of ketones is 1. The molecule has 4 heteroatoms. The standard InChI is InChI=1S/C16H23NO3/c1-3-19-14-9-8-11(10-15(14)20-4-2)16(18)12-6-5-7-13(12)17/h8-10,12-13H,3-7,17H2,1-2H3. The van der Waals surface area contributed by atoms with Gasteiger partial charge in [0.1, 0.15) is 0 Å². The van der Waals surface area contributed by atoms with Gasteiger partial charge in [-0.2, -0.15) is 0 Å². The Morgan fingerprint density at radius 3 is 2.50 bits per heavy atom. The first-order chi connectivity index (χ1) is 9.67. The zero-order valence-corrected chi connectivity index (χ0v) is 12.2. The van der Waals surface area contributed by atoms with Crippen LogP contribution in [0.15, 0.2) is 18.2 Å². The summed E-state index contributed by atoms with van der Waals surface area (Å²) < 4.78 is 11.1. The van der Waals surface area contributed by atoms with Crippen LogP contribution in [-0.2, 0) is 0 Å². The Balaban J connectivity index is 2.23. The SMILES string of the molecule is CCOc1ccc(C(=O)C2CCCC2N)cc1OCC. The third-order valence-corrected chi connectivity index (χ3v) is 3.73. The molecule has 0 bridgehead atoms. The van der Waals surface area contributed by atoms with Gasteiger partial charge in [0.2, 0.25) is 0 Å². The zero-order valence-electron chi connectivity index (χ0n) is 12.2. The van der Waals surface area contributed by atoms with Crippen LogP contribution >= 0.6 is 0 Å². The van der Waals surface area contributed by atoms with Gasteiger partial charge in [-0.25, -0.2) is 0 Å². The largest absolute Gasteiger partial charge is 0.490 e. The van der Waals surface area contributed by atoms with E-state index in [1.807, 2.05) is 19.9 Å². The van der Waals surface area contributed by atoms with Crippen molar-refractivity contribution >= 4 is 5.78 Å². The molecule has 20 heavy (non-hydrogen) atoms. The van der Waals surface area contributed by atoms with E-state index in [1.165, 1.54) is 0 Å². The van der Waals surface area contributed by atoms with Crippen molar-refractivity contribution in [1.82, 2.24) is 0 Å². The number of nitrogens with two attached hydrogens (primary N) is 1. The van der Waals surface area contributed by atoms with Gasteiger partial charge < -0.3 is 15.2 Å². The van der Waals surface area contributed by atoms with Gasteiger partial charge in [0.05, 0.1) is 13.2 Å². The summed E-state index contributed by atoms with van der Waals surface area (Å²) in [4.78, 5) is 12.5. The van der Waals surface area contributed by atoms with E-state index in [2.05, 4.69) is 0 Å². The summed E-state index contributed by atoms with van der Waals surface area (Å²) in [6, 6.07) is 5.38. The number of rotatable bonds is 6. The summed E-state index contributed by atoms with van der Waals surface area (Å²) in [5.41, 5.74) is 6.68. The molecule has 1 aromatic carbocycles. The molecule has 0 radical (unpaired) electrons. The highest BCUT2D eigenvalue weighted by molar-refractivity contribution is 5.99. The van der Waals surface area contributed by atoms with Crippen LogP contribution in [-0.4, -0.2) is 25.0 Å². The number of carbonyl (C=O) groups is 1. The van der Waals surface area contributed by atoms with E-state index in [0.717, 1.165) is 19.3 Å². The van der Waals surface area contributed by atoms with E-state index >= 15 is 0 Å². The number of ether oxygens (including phenoxy) is 2. The zero-order chi connectivity index (χ0) is 14.5. The quantitative estimate of drug-likeness (QED) is 0.812. The van der Waals surface area contributed by atoms with Crippen molar-refractivity contribution < 1.29 is 14.3 Å². The van der Waals surface area contributed by atoms with Crippen molar-refractivity contribution in [1.29, 1.82) is 0 Å². The van der Waals surface area contributed by atoms with Crippen molar-refractivity contribution in [3.8, 4) is 11.5 Å². The Morgan fingerprint density at radius 2 is 1.90 bits per heavy atom. The van der Waals surface area contributed by atoms with Crippen molar-refractivity contribution in [2.24, 2.45) is 11.7 Å². The summed E-state index contributed by atoms with van der Waals surface area (Å²) in [7, 11) is 0. The van der Waals surface area contributed by atoms with Gasteiger partial charge in [-0.15, -0.1) is 0 Å². The van der Waals surface area contributed by atoms with E-state index in [-0.39, 0.29) is 17.7 Å². The van der Waals surface area contributed by atoms with Gasteiger partial charge >= 0.3 is 0 Å². The van der Waals surface area contributed by atoms with E-state index in [4.69, 9.17) is 15.2 Å². The average molecular weight is 277 g/mol. The highest BCUT2D eigenvalue weighted by Crippen LogP contribution is 2.32. The van der Waals surface area contributed by atoms with Gasteiger partial charge in [0.15, 0.2) is 17.3 Å². The Kier molecular flexibility index (Phi) is 5.01. The minimum Gasteiger partial charge on any atom is -0.490 e. The summed E-state index contributed by atoms with van der Waals surface area (Å²) in [5.74, 6) is 1.38. The van der Waals surface area contributed by atoms with Gasteiger partial charge in [0.25, 0.3) is 0 Å². The lowest BCUT2D eigenvalue weighted by Gasteiger charge is -2.16. The van der Waals surface area contributed by atoms with Crippen LogP contribution < -0.4 is 15.2 Å². The average Bonchev–Trinajstić information content (AvgIpc) is 2.86. The maximum atomic E-state index is 12.5. The molecular formula is C16H23NO3. The molecule has 110 valence electrons. The Hall–Kier alpha value is -1.55. The minimum atomic E-state index is -0.0533. The molecule has 0 spiro atoms. The van der Waals surface area contributed by atoms with Crippen molar-refractivity contribution in [3.05, 3.63) is 23.8 Å². The van der Waals surface area contributed by atoms with Crippen LogP contribution in [0.2, 0.25) is 0 Å². The topological polar surface area (TPSA) is 61.5 Å². The molecule has 0 aromatic heterocycles. The summed E-state index contributed by atoms with van der Waals surface area (Å²) in [6.45, 7) is 4.95. The Morgan fingerprint density at radius 1 is 1.20 bits per heavy atom. The molecule has 2 atom stereocenters. The van der Waals surface area contributed by atoms with Crippen LogP contribution in [0.5, 0.6) is 11.5 Å². The number of carbonyl (C=O) groups excluding carboxylic acids is 1. The molecule has 2 rings (SSSR count). The fourth-order valence-electron chi connectivity index (χ4n) is 2.73. The molecular weight excluding hydrogens is 254 g/mol. The molecule has 2 unspecified atom stereocenters. The first-order valence-electron chi connectivity index (χ1n) is 7.36. The third kappa shape index (κ3) is 3.12. The van der Waals surface area contributed by atoms with E-state index in [1.54, 1.807) is 12.1 Å². The number of hydrogen-bond donors (Lipinski definition) is 1. The van der Waals surface area contributed by atoms with Gasteiger partial charge in [-0.1, -0.05) is 6.42 Å². The third-order valence-electron chi connectivity index (χ3n) is 3.73. The van der Waals surface area contributed by atoms with Crippen LogP contribution in [0.25, 0.3) is 0 Å². The summed E-state index contributed by atoms with van der Waals surface area (Å²) in [6.07, 6.45) is 2.86. The Labute approximate surface area is 120 Å². The highest BCUT2D eigenvalue weighted by Gasteiger charge is 2.31. The van der Waals surface area contributed by atoms with Crippen molar-refractivity contribution in [3.63, 3.8) is 0 Å². The molecule has 0 amide bonds. The number of benzene rings is 1. The molecule has 1 aromatic rings. The molecule has 0 heterocycles. The van der Waals surface area contributed by atoms with Gasteiger partial charge in [-0.3, -0.25) is 4.79 Å². The lowest BCUT2D eigenvalue weighted by Crippen LogP contribution is -2.30. The molecule has 4 nitrogen and oxygen atoms in total.